The maximum atomic E-state index is 12.3. The Morgan fingerprint density at radius 1 is 1.04 bits per heavy atom. The van der Waals surface area contributed by atoms with Crippen LogP contribution in [0.4, 0.5) is 11.4 Å². The topological polar surface area (TPSA) is 84.2 Å². The maximum Gasteiger partial charge on any atom is 0.245 e. The summed E-state index contributed by atoms with van der Waals surface area (Å²) < 4.78 is 0. The average molecular weight is 396 g/mol. The summed E-state index contributed by atoms with van der Waals surface area (Å²) in [5, 5.41) is 5.84. The number of amides is 2. The van der Waals surface area contributed by atoms with Crippen LogP contribution in [-0.4, -0.2) is 11.8 Å². The standard InChI is InChI=1S/C19H22ClN3O2.ClH/c1-19(2,3)18(25)23-15-10-9-13(11-14(15)20)22-17(24)16(21)12-7-5-4-6-8-12;/h4-11,16H,21H2,1-3H3,(H,22,24)(H,23,25);1H/t16-;/m1./s1. The van der Waals surface area contributed by atoms with E-state index in [1.54, 1.807) is 30.3 Å². The highest BCUT2D eigenvalue weighted by molar-refractivity contribution is 6.34. The lowest BCUT2D eigenvalue weighted by Crippen LogP contribution is -2.28. The van der Waals surface area contributed by atoms with Crippen molar-refractivity contribution in [1.29, 1.82) is 0 Å². The molecule has 4 N–H and O–H groups in total. The van der Waals surface area contributed by atoms with E-state index < -0.39 is 11.5 Å². The number of carbonyl (C=O) groups is 2. The minimum absolute atomic E-state index is 0. The normalized spacial score (nSPS) is 11.9. The highest BCUT2D eigenvalue weighted by atomic mass is 35.5. The summed E-state index contributed by atoms with van der Waals surface area (Å²) in [5.41, 5.74) is 7.16. The molecule has 0 radical (unpaired) electrons. The molecule has 0 saturated carbocycles. The van der Waals surface area contributed by atoms with Crippen LogP contribution in [0, 0.1) is 5.41 Å². The number of benzene rings is 2. The Hall–Kier alpha value is -2.08. The molecule has 7 heteroatoms. The van der Waals surface area contributed by atoms with Crippen molar-refractivity contribution >= 4 is 47.2 Å². The van der Waals surface area contributed by atoms with E-state index in [-0.39, 0.29) is 24.2 Å². The highest BCUT2D eigenvalue weighted by Gasteiger charge is 2.22. The second-order valence-electron chi connectivity index (χ2n) is 6.78. The maximum absolute atomic E-state index is 12.3. The van der Waals surface area contributed by atoms with Gasteiger partial charge >= 0.3 is 0 Å². The number of anilines is 2. The minimum atomic E-state index is -0.778. The SMILES string of the molecule is CC(C)(C)C(=O)Nc1ccc(NC(=O)[C@H](N)c2ccccc2)cc1Cl.Cl. The monoisotopic (exact) mass is 395 g/mol. The van der Waals surface area contributed by atoms with E-state index in [1.165, 1.54) is 0 Å². The van der Waals surface area contributed by atoms with Crippen molar-refractivity contribution in [3.05, 3.63) is 59.1 Å². The highest BCUT2D eigenvalue weighted by Crippen LogP contribution is 2.28. The lowest BCUT2D eigenvalue weighted by Gasteiger charge is -2.19. The molecule has 2 aromatic rings. The number of carbonyl (C=O) groups excluding carboxylic acids is 2. The molecule has 0 aliphatic rings. The van der Waals surface area contributed by atoms with Gasteiger partial charge in [0.05, 0.1) is 10.7 Å². The van der Waals surface area contributed by atoms with Gasteiger partial charge < -0.3 is 16.4 Å². The molecule has 140 valence electrons. The van der Waals surface area contributed by atoms with Crippen LogP contribution in [-0.2, 0) is 9.59 Å². The van der Waals surface area contributed by atoms with Crippen molar-refractivity contribution in [2.24, 2.45) is 11.1 Å². The van der Waals surface area contributed by atoms with Gasteiger partial charge in [0.15, 0.2) is 0 Å². The molecule has 2 amide bonds. The molecule has 0 heterocycles. The van der Waals surface area contributed by atoms with E-state index >= 15 is 0 Å². The lowest BCUT2D eigenvalue weighted by atomic mass is 9.95. The molecule has 0 aliphatic carbocycles. The molecule has 2 rings (SSSR count). The Labute approximate surface area is 164 Å². The quantitative estimate of drug-likeness (QED) is 0.717. The minimum Gasteiger partial charge on any atom is -0.324 e. The van der Waals surface area contributed by atoms with Crippen molar-refractivity contribution in [2.75, 3.05) is 10.6 Å². The first-order chi connectivity index (χ1) is 11.7. The molecule has 2 aromatic carbocycles. The Balaban J connectivity index is 0.00000338. The molecule has 0 saturated heterocycles. The molecular formula is C19H23Cl2N3O2. The van der Waals surface area contributed by atoms with Gasteiger partial charge in [-0.2, -0.15) is 0 Å². The van der Waals surface area contributed by atoms with E-state index in [4.69, 9.17) is 17.3 Å². The first-order valence-corrected chi connectivity index (χ1v) is 8.28. The third-order valence-corrected chi connectivity index (χ3v) is 3.92. The molecular weight excluding hydrogens is 373 g/mol. The summed E-state index contributed by atoms with van der Waals surface area (Å²) in [4.78, 5) is 24.3. The predicted octanol–water partition coefficient (Wildman–Crippen LogP) is 4.38. The van der Waals surface area contributed by atoms with Crippen LogP contribution in [0.1, 0.15) is 32.4 Å². The summed E-state index contributed by atoms with van der Waals surface area (Å²) in [7, 11) is 0. The summed E-state index contributed by atoms with van der Waals surface area (Å²) in [6.07, 6.45) is 0. The van der Waals surface area contributed by atoms with Gasteiger partial charge in [0, 0.05) is 11.1 Å². The Morgan fingerprint density at radius 3 is 2.19 bits per heavy atom. The van der Waals surface area contributed by atoms with E-state index in [0.29, 0.717) is 16.4 Å². The van der Waals surface area contributed by atoms with Crippen LogP contribution >= 0.6 is 24.0 Å². The third-order valence-electron chi connectivity index (χ3n) is 3.61. The molecule has 5 nitrogen and oxygen atoms in total. The molecule has 0 aliphatic heterocycles. The largest absolute Gasteiger partial charge is 0.324 e. The summed E-state index contributed by atoms with van der Waals surface area (Å²) in [6.45, 7) is 5.45. The van der Waals surface area contributed by atoms with Crippen molar-refractivity contribution in [1.82, 2.24) is 0 Å². The molecule has 0 aromatic heterocycles. The smallest absolute Gasteiger partial charge is 0.245 e. The van der Waals surface area contributed by atoms with Gasteiger partial charge in [0.1, 0.15) is 6.04 Å². The number of nitrogens with one attached hydrogen (secondary N) is 2. The summed E-state index contributed by atoms with van der Waals surface area (Å²) >= 11 is 6.21. The van der Waals surface area contributed by atoms with Gasteiger partial charge in [0.2, 0.25) is 11.8 Å². The Kier molecular flexibility index (Phi) is 7.63. The van der Waals surface area contributed by atoms with Crippen molar-refractivity contribution < 1.29 is 9.59 Å². The second-order valence-corrected chi connectivity index (χ2v) is 7.18. The zero-order valence-electron chi connectivity index (χ0n) is 14.9. The van der Waals surface area contributed by atoms with Crippen molar-refractivity contribution in [3.63, 3.8) is 0 Å². The van der Waals surface area contributed by atoms with E-state index in [0.717, 1.165) is 5.56 Å². The van der Waals surface area contributed by atoms with Gasteiger partial charge in [0.25, 0.3) is 0 Å². The zero-order valence-corrected chi connectivity index (χ0v) is 16.4. The van der Waals surface area contributed by atoms with Crippen LogP contribution in [0.15, 0.2) is 48.5 Å². The van der Waals surface area contributed by atoms with Gasteiger partial charge in [-0.05, 0) is 23.8 Å². The number of hydrogen-bond donors (Lipinski definition) is 3. The van der Waals surface area contributed by atoms with E-state index in [1.807, 2.05) is 39.0 Å². The van der Waals surface area contributed by atoms with Gasteiger partial charge in [-0.3, -0.25) is 9.59 Å². The Bertz CT molecular complexity index is 774. The molecule has 0 unspecified atom stereocenters. The van der Waals surface area contributed by atoms with E-state index in [9.17, 15) is 9.59 Å². The second kappa shape index (κ2) is 9.03. The summed E-state index contributed by atoms with van der Waals surface area (Å²) in [6, 6.07) is 13.2. The third kappa shape index (κ3) is 5.73. The molecule has 0 bridgehead atoms. The average Bonchev–Trinajstić information content (AvgIpc) is 2.56. The van der Waals surface area contributed by atoms with E-state index in [2.05, 4.69) is 10.6 Å². The van der Waals surface area contributed by atoms with Crippen molar-refractivity contribution in [3.8, 4) is 0 Å². The summed E-state index contributed by atoms with van der Waals surface area (Å²) in [5.74, 6) is -0.481. The van der Waals surface area contributed by atoms with Crippen LogP contribution in [0.2, 0.25) is 5.02 Å². The fourth-order valence-electron chi connectivity index (χ4n) is 2.04. The lowest BCUT2D eigenvalue weighted by molar-refractivity contribution is -0.123. The fraction of sp³-hybridized carbons (Fsp3) is 0.263. The van der Waals surface area contributed by atoms with Crippen molar-refractivity contribution in [2.45, 2.75) is 26.8 Å². The molecule has 26 heavy (non-hydrogen) atoms. The molecule has 1 atom stereocenters. The van der Waals surface area contributed by atoms with Crippen LogP contribution < -0.4 is 16.4 Å². The first kappa shape index (κ1) is 22.0. The fourth-order valence-corrected chi connectivity index (χ4v) is 2.26. The Morgan fingerprint density at radius 2 is 1.65 bits per heavy atom. The van der Waals surface area contributed by atoms with Gasteiger partial charge in [-0.25, -0.2) is 0 Å². The first-order valence-electron chi connectivity index (χ1n) is 7.91. The zero-order chi connectivity index (χ0) is 18.6. The number of halogens is 2. The van der Waals surface area contributed by atoms with Crippen LogP contribution in [0.25, 0.3) is 0 Å². The van der Waals surface area contributed by atoms with Crippen LogP contribution in [0.3, 0.4) is 0 Å². The molecule has 0 fully saturated rings. The number of hydrogen-bond acceptors (Lipinski definition) is 3. The van der Waals surface area contributed by atoms with Crippen LogP contribution in [0.5, 0.6) is 0 Å². The number of rotatable bonds is 4. The van der Waals surface area contributed by atoms with Gasteiger partial charge in [-0.1, -0.05) is 62.7 Å². The van der Waals surface area contributed by atoms with Gasteiger partial charge in [-0.15, -0.1) is 12.4 Å². The molecule has 0 spiro atoms. The number of nitrogens with two attached hydrogens (primary N) is 1. The predicted molar refractivity (Wildman–Crippen MR) is 109 cm³/mol.